The lowest BCUT2D eigenvalue weighted by Crippen LogP contribution is -2.40. The standard InChI is InChI=1S/C13H24N2.ClH/c1-12(2,6-5-9-14)10-15-11-13(3)7-4-8-13;/h15H,4-8,10-11H2,1-3H3;1H. The molecule has 0 saturated heterocycles. The summed E-state index contributed by atoms with van der Waals surface area (Å²) < 4.78 is 0. The van der Waals surface area contributed by atoms with Gasteiger partial charge in [0.05, 0.1) is 6.07 Å². The summed E-state index contributed by atoms with van der Waals surface area (Å²) in [6.07, 6.45) is 5.81. The number of hydrogen-bond acceptors (Lipinski definition) is 2. The van der Waals surface area contributed by atoms with Crippen LogP contribution in [0.3, 0.4) is 0 Å². The summed E-state index contributed by atoms with van der Waals surface area (Å²) in [4.78, 5) is 0. The maximum absolute atomic E-state index is 8.56. The van der Waals surface area contributed by atoms with Crippen LogP contribution in [0.2, 0.25) is 0 Å². The van der Waals surface area contributed by atoms with Crippen molar-refractivity contribution in [3.8, 4) is 6.07 Å². The van der Waals surface area contributed by atoms with E-state index in [0.717, 1.165) is 19.5 Å². The van der Waals surface area contributed by atoms with E-state index in [0.29, 0.717) is 11.8 Å². The van der Waals surface area contributed by atoms with Crippen molar-refractivity contribution >= 4 is 12.4 Å². The Hall–Kier alpha value is -0.260. The fourth-order valence-corrected chi connectivity index (χ4v) is 2.14. The SMILES string of the molecule is CC(C)(CCC#N)CNCC1(C)CCC1.Cl. The minimum Gasteiger partial charge on any atom is -0.316 e. The lowest BCUT2D eigenvalue weighted by Gasteiger charge is -2.39. The van der Waals surface area contributed by atoms with E-state index in [4.69, 9.17) is 5.26 Å². The molecule has 0 aromatic heterocycles. The normalized spacial score (nSPS) is 18.1. The van der Waals surface area contributed by atoms with E-state index in [9.17, 15) is 0 Å². The summed E-state index contributed by atoms with van der Waals surface area (Å²) in [5.41, 5.74) is 0.821. The molecule has 1 rings (SSSR count). The molecular weight excluding hydrogens is 220 g/mol. The number of nitriles is 1. The molecule has 0 spiro atoms. The van der Waals surface area contributed by atoms with Crippen LogP contribution in [0.5, 0.6) is 0 Å². The lowest BCUT2D eigenvalue weighted by molar-refractivity contribution is 0.148. The van der Waals surface area contributed by atoms with Crippen molar-refractivity contribution in [2.45, 2.75) is 52.9 Å². The lowest BCUT2D eigenvalue weighted by atomic mass is 9.70. The molecule has 1 aliphatic rings. The van der Waals surface area contributed by atoms with Gasteiger partial charge in [0.2, 0.25) is 0 Å². The van der Waals surface area contributed by atoms with Crippen molar-refractivity contribution in [1.29, 1.82) is 5.26 Å². The van der Waals surface area contributed by atoms with Gasteiger partial charge in [-0.25, -0.2) is 0 Å². The first kappa shape index (κ1) is 15.7. The predicted molar refractivity (Wildman–Crippen MR) is 70.7 cm³/mol. The molecule has 0 heterocycles. The van der Waals surface area contributed by atoms with Crippen LogP contribution in [0, 0.1) is 22.2 Å². The zero-order chi connectivity index (χ0) is 11.4. The summed E-state index contributed by atoms with van der Waals surface area (Å²) in [7, 11) is 0. The molecule has 0 bridgehead atoms. The molecule has 0 radical (unpaired) electrons. The van der Waals surface area contributed by atoms with Gasteiger partial charge >= 0.3 is 0 Å². The molecule has 0 aromatic rings. The largest absolute Gasteiger partial charge is 0.316 e. The van der Waals surface area contributed by atoms with Crippen LogP contribution in [0.25, 0.3) is 0 Å². The van der Waals surface area contributed by atoms with Crippen molar-refractivity contribution in [3.05, 3.63) is 0 Å². The number of nitrogens with zero attached hydrogens (tertiary/aromatic N) is 1. The molecule has 0 atom stereocenters. The van der Waals surface area contributed by atoms with Gasteiger partial charge in [-0.1, -0.05) is 27.2 Å². The van der Waals surface area contributed by atoms with Crippen LogP contribution < -0.4 is 5.32 Å². The Morgan fingerprint density at radius 3 is 2.44 bits per heavy atom. The molecule has 0 aromatic carbocycles. The second-order valence-corrected chi connectivity index (χ2v) is 6.09. The molecule has 94 valence electrons. The smallest absolute Gasteiger partial charge is 0.0621 e. The van der Waals surface area contributed by atoms with Crippen molar-refractivity contribution in [2.24, 2.45) is 10.8 Å². The van der Waals surface area contributed by atoms with Crippen LogP contribution in [0.15, 0.2) is 0 Å². The van der Waals surface area contributed by atoms with E-state index in [1.165, 1.54) is 19.3 Å². The second kappa shape index (κ2) is 6.47. The van der Waals surface area contributed by atoms with E-state index in [1.54, 1.807) is 0 Å². The molecule has 0 amide bonds. The van der Waals surface area contributed by atoms with Crippen LogP contribution in [0.1, 0.15) is 52.9 Å². The van der Waals surface area contributed by atoms with Crippen molar-refractivity contribution < 1.29 is 0 Å². The topological polar surface area (TPSA) is 35.8 Å². The average molecular weight is 245 g/mol. The average Bonchev–Trinajstić information content (AvgIpc) is 2.12. The molecule has 1 saturated carbocycles. The highest BCUT2D eigenvalue weighted by Gasteiger charge is 2.31. The fraction of sp³-hybridized carbons (Fsp3) is 0.923. The minimum atomic E-state index is 0. The van der Waals surface area contributed by atoms with E-state index < -0.39 is 0 Å². The van der Waals surface area contributed by atoms with Crippen molar-refractivity contribution in [2.75, 3.05) is 13.1 Å². The van der Waals surface area contributed by atoms with Crippen LogP contribution >= 0.6 is 12.4 Å². The van der Waals surface area contributed by atoms with Crippen molar-refractivity contribution in [1.82, 2.24) is 5.32 Å². The van der Waals surface area contributed by atoms with Crippen LogP contribution in [0.4, 0.5) is 0 Å². The van der Waals surface area contributed by atoms with E-state index in [-0.39, 0.29) is 17.8 Å². The highest BCUT2D eigenvalue weighted by molar-refractivity contribution is 5.85. The molecule has 16 heavy (non-hydrogen) atoms. The highest BCUT2D eigenvalue weighted by Crippen LogP contribution is 2.39. The number of nitrogens with one attached hydrogen (secondary N) is 1. The Balaban J connectivity index is 0.00000225. The maximum atomic E-state index is 8.56. The number of halogens is 1. The first-order valence-corrected chi connectivity index (χ1v) is 6.05. The minimum absolute atomic E-state index is 0. The second-order valence-electron chi connectivity index (χ2n) is 6.09. The van der Waals surface area contributed by atoms with Crippen molar-refractivity contribution in [3.63, 3.8) is 0 Å². The van der Waals surface area contributed by atoms with Crippen LogP contribution in [-0.4, -0.2) is 13.1 Å². The molecule has 1 aliphatic carbocycles. The monoisotopic (exact) mass is 244 g/mol. The predicted octanol–water partition coefficient (Wildman–Crippen LogP) is 3.52. The Bertz CT molecular complexity index is 239. The quantitative estimate of drug-likeness (QED) is 0.776. The molecule has 0 aliphatic heterocycles. The Morgan fingerprint density at radius 2 is 2.00 bits per heavy atom. The molecule has 2 nitrogen and oxygen atoms in total. The first-order valence-electron chi connectivity index (χ1n) is 6.05. The van der Waals surface area contributed by atoms with Crippen LogP contribution in [-0.2, 0) is 0 Å². The Labute approximate surface area is 106 Å². The number of hydrogen-bond donors (Lipinski definition) is 1. The third-order valence-corrected chi connectivity index (χ3v) is 3.63. The molecule has 1 N–H and O–H groups in total. The molecule has 1 fully saturated rings. The summed E-state index contributed by atoms with van der Waals surface area (Å²) in [6, 6.07) is 2.23. The zero-order valence-corrected chi connectivity index (χ0v) is 11.6. The third-order valence-electron chi connectivity index (χ3n) is 3.63. The molecule has 3 heteroatoms. The Kier molecular flexibility index (Phi) is 6.36. The van der Waals surface area contributed by atoms with Gasteiger partial charge in [0, 0.05) is 19.5 Å². The fourth-order valence-electron chi connectivity index (χ4n) is 2.14. The van der Waals surface area contributed by atoms with Gasteiger partial charge in [0.15, 0.2) is 0 Å². The van der Waals surface area contributed by atoms with Gasteiger partial charge in [-0.2, -0.15) is 5.26 Å². The van der Waals surface area contributed by atoms with Gasteiger partial charge < -0.3 is 5.32 Å². The molecular formula is C13H25ClN2. The maximum Gasteiger partial charge on any atom is 0.0621 e. The van der Waals surface area contributed by atoms with E-state index in [1.807, 2.05) is 0 Å². The zero-order valence-electron chi connectivity index (χ0n) is 10.8. The number of rotatable bonds is 6. The van der Waals surface area contributed by atoms with Gasteiger partial charge in [-0.3, -0.25) is 0 Å². The summed E-state index contributed by atoms with van der Waals surface area (Å²) in [6.45, 7) is 9.01. The first-order chi connectivity index (χ1) is 6.97. The van der Waals surface area contributed by atoms with E-state index in [2.05, 4.69) is 32.2 Å². The summed E-state index contributed by atoms with van der Waals surface area (Å²) >= 11 is 0. The molecule has 0 unspecified atom stereocenters. The highest BCUT2D eigenvalue weighted by atomic mass is 35.5. The van der Waals surface area contributed by atoms with Gasteiger partial charge in [0.1, 0.15) is 0 Å². The third kappa shape index (κ3) is 5.18. The van der Waals surface area contributed by atoms with Gasteiger partial charge in [-0.05, 0) is 30.1 Å². The van der Waals surface area contributed by atoms with Gasteiger partial charge in [-0.15, -0.1) is 12.4 Å². The van der Waals surface area contributed by atoms with Gasteiger partial charge in [0.25, 0.3) is 0 Å². The summed E-state index contributed by atoms with van der Waals surface area (Å²) in [5.74, 6) is 0. The van der Waals surface area contributed by atoms with E-state index >= 15 is 0 Å². The Morgan fingerprint density at radius 1 is 1.38 bits per heavy atom. The summed E-state index contributed by atoms with van der Waals surface area (Å²) in [5, 5.41) is 12.1.